The Morgan fingerprint density at radius 2 is 1.95 bits per heavy atom. The van der Waals surface area contributed by atoms with Gasteiger partial charge < -0.3 is 25.6 Å². The molecule has 0 aromatic carbocycles. The minimum Gasteiger partial charge on any atom is -0.480 e. The van der Waals surface area contributed by atoms with E-state index >= 15 is 0 Å². The Bertz CT molecular complexity index is 377. The second-order valence-electron chi connectivity index (χ2n) is 5.46. The van der Waals surface area contributed by atoms with Crippen molar-refractivity contribution in [3.8, 4) is 0 Å². The monoisotopic (exact) mass is 313 g/mol. The summed E-state index contributed by atoms with van der Waals surface area (Å²) in [5.41, 5.74) is 0.922. The van der Waals surface area contributed by atoms with Gasteiger partial charge in [-0.05, 0) is 26.6 Å². The third kappa shape index (κ3) is 9.41. The van der Waals surface area contributed by atoms with E-state index in [9.17, 15) is 9.59 Å². The summed E-state index contributed by atoms with van der Waals surface area (Å²) in [6, 6.07) is -0.979. The van der Waals surface area contributed by atoms with Gasteiger partial charge in [0.2, 0.25) is 5.91 Å². The van der Waals surface area contributed by atoms with Crippen LogP contribution in [0.5, 0.6) is 0 Å². The van der Waals surface area contributed by atoms with Gasteiger partial charge in [-0.25, -0.2) is 4.79 Å². The van der Waals surface area contributed by atoms with Gasteiger partial charge in [-0.2, -0.15) is 0 Å². The Morgan fingerprint density at radius 1 is 1.32 bits per heavy atom. The van der Waals surface area contributed by atoms with E-state index in [0.717, 1.165) is 31.5 Å². The van der Waals surface area contributed by atoms with Crippen LogP contribution in [0.1, 0.15) is 32.6 Å². The molecule has 0 saturated carbocycles. The Hall–Kier alpha value is -1.54. The van der Waals surface area contributed by atoms with Crippen molar-refractivity contribution >= 4 is 18.9 Å². The highest BCUT2D eigenvalue weighted by molar-refractivity contribution is 6.45. The first kappa shape index (κ1) is 20.5. The third-order valence-electron chi connectivity index (χ3n) is 3.25. The van der Waals surface area contributed by atoms with Crippen LogP contribution in [-0.4, -0.2) is 60.1 Å². The van der Waals surface area contributed by atoms with E-state index in [0.29, 0.717) is 6.42 Å². The number of carboxylic acid groups (broad SMARTS) is 1. The summed E-state index contributed by atoms with van der Waals surface area (Å²) in [6.07, 6.45) is 2.87. The van der Waals surface area contributed by atoms with Gasteiger partial charge in [-0.1, -0.05) is 13.0 Å². The Kier molecular flexibility index (Phi) is 10.3. The molecule has 8 heteroatoms. The number of likely N-dealkylation sites (N-methyl/N-ethyl adjacent to an activating group) is 1. The van der Waals surface area contributed by atoms with Crippen molar-refractivity contribution in [2.45, 2.75) is 45.5 Å². The molecule has 1 atom stereocenters. The van der Waals surface area contributed by atoms with Gasteiger partial charge >= 0.3 is 13.0 Å². The SMILES string of the molecule is C=C(C)NCCCCCC(=O)N(C)C(CNB(C)O)C(=O)O. The summed E-state index contributed by atoms with van der Waals surface area (Å²) in [7, 11) is 0.666. The molecule has 0 aliphatic rings. The molecule has 0 fully saturated rings. The number of carbonyl (C=O) groups is 2. The maximum atomic E-state index is 12.0. The lowest BCUT2D eigenvalue weighted by Crippen LogP contribution is -2.50. The fourth-order valence-corrected chi connectivity index (χ4v) is 1.90. The quantitative estimate of drug-likeness (QED) is 0.305. The van der Waals surface area contributed by atoms with E-state index in [1.165, 1.54) is 18.8 Å². The molecular formula is C14H28BN3O4. The summed E-state index contributed by atoms with van der Waals surface area (Å²) in [4.78, 5) is 24.4. The Balaban J connectivity index is 4.10. The van der Waals surface area contributed by atoms with Crippen molar-refractivity contribution in [3.05, 3.63) is 12.3 Å². The summed E-state index contributed by atoms with van der Waals surface area (Å²) in [6.45, 7) is 7.97. The zero-order valence-corrected chi connectivity index (χ0v) is 13.8. The summed E-state index contributed by atoms with van der Waals surface area (Å²) < 4.78 is 0. The number of nitrogens with zero attached hydrogens (tertiary/aromatic N) is 1. The number of carboxylic acids is 1. The number of nitrogens with one attached hydrogen (secondary N) is 2. The Morgan fingerprint density at radius 3 is 2.45 bits per heavy atom. The fraction of sp³-hybridized carbons (Fsp3) is 0.714. The van der Waals surface area contributed by atoms with Crippen LogP contribution >= 0.6 is 0 Å². The zero-order chi connectivity index (χ0) is 17.1. The van der Waals surface area contributed by atoms with E-state index in [1.807, 2.05) is 6.92 Å². The van der Waals surface area contributed by atoms with Crippen molar-refractivity contribution in [3.63, 3.8) is 0 Å². The van der Waals surface area contributed by atoms with Crippen LogP contribution in [0.3, 0.4) is 0 Å². The number of carbonyl (C=O) groups excluding carboxylic acids is 1. The van der Waals surface area contributed by atoms with Crippen LogP contribution in [0, 0.1) is 0 Å². The van der Waals surface area contributed by atoms with Crippen LogP contribution in [0.15, 0.2) is 12.3 Å². The number of hydrogen-bond donors (Lipinski definition) is 4. The normalized spacial score (nSPS) is 11.6. The minimum absolute atomic E-state index is 0.0117. The van der Waals surface area contributed by atoms with Crippen LogP contribution in [-0.2, 0) is 9.59 Å². The van der Waals surface area contributed by atoms with Gasteiger partial charge in [0.1, 0.15) is 6.04 Å². The molecule has 0 aliphatic carbocycles. The number of hydrogen-bond acceptors (Lipinski definition) is 5. The van der Waals surface area contributed by atoms with Crippen LogP contribution < -0.4 is 10.5 Å². The molecule has 1 unspecified atom stereocenters. The average Bonchev–Trinajstić information content (AvgIpc) is 2.41. The molecule has 0 spiro atoms. The summed E-state index contributed by atoms with van der Waals surface area (Å²) in [5, 5.41) is 24.1. The van der Waals surface area contributed by atoms with E-state index < -0.39 is 19.1 Å². The number of amides is 1. The predicted octanol–water partition coefficient (Wildman–Crippen LogP) is 0.282. The molecule has 22 heavy (non-hydrogen) atoms. The average molecular weight is 313 g/mol. The maximum absolute atomic E-state index is 12.0. The Labute approximate surface area is 132 Å². The molecule has 0 heterocycles. The van der Waals surface area contributed by atoms with E-state index in [2.05, 4.69) is 17.1 Å². The van der Waals surface area contributed by atoms with Gasteiger partial charge in [0, 0.05) is 32.3 Å². The lowest BCUT2D eigenvalue weighted by molar-refractivity contribution is -0.148. The number of rotatable bonds is 12. The van der Waals surface area contributed by atoms with Crippen molar-refractivity contribution in [1.82, 2.24) is 15.4 Å². The zero-order valence-electron chi connectivity index (χ0n) is 13.8. The standard InChI is InChI=1S/C14H28BN3O4/c1-11(2)16-9-7-5-6-8-13(19)18(4)12(14(20)21)10-17-15(3)22/h12,16-17,22H,1,5-10H2,2-4H3,(H,20,21). The van der Waals surface area contributed by atoms with Crippen LogP contribution in [0.25, 0.3) is 0 Å². The molecule has 126 valence electrons. The molecule has 0 aromatic heterocycles. The van der Waals surface area contributed by atoms with Crippen molar-refractivity contribution < 1.29 is 19.7 Å². The van der Waals surface area contributed by atoms with Crippen molar-refractivity contribution in [2.75, 3.05) is 20.1 Å². The highest BCUT2D eigenvalue weighted by atomic mass is 16.4. The number of unbranched alkanes of at least 4 members (excludes halogenated alkanes) is 2. The maximum Gasteiger partial charge on any atom is 0.373 e. The second kappa shape index (κ2) is 11.1. The van der Waals surface area contributed by atoms with Crippen molar-refractivity contribution in [2.24, 2.45) is 0 Å². The lowest BCUT2D eigenvalue weighted by atomic mass is 9.88. The molecule has 7 nitrogen and oxygen atoms in total. The largest absolute Gasteiger partial charge is 0.480 e. The first-order chi connectivity index (χ1) is 10.3. The van der Waals surface area contributed by atoms with Crippen LogP contribution in [0.2, 0.25) is 6.82 Å². The molecule has 4 N–H and O–H groups in total. The second-order valence-corrected chi connectivity index (χ2v) is 5.46. The smallest absolute Gasteiger partial charge is 0.373 e. The predicted molar refractivity (Wildman–Crippen MR) is 87.3 cm³/mol. The van der Waals surface area contributed by atoms with Gasteiger partial charge in [-0.15, -0.1) is 0 Å². The summed E-state index contributed by atoms with van der Waals surface area (Å²) >= 11 is 0. The minimum atomic E-state index is -1.09. The fourth-order valence-electron chi connectivity index (χ4n) is 1.90. The van der Waals surface area contributed by atoms with Crippen molar-refractivity contribution in [1.29, 1.82) is 0 Å². The molecule has 0 bridgehead atoms. The van der Waals surface area contributed by atoms with Gasteiger partial charge in [0.25, 0.3) is 0 Å². The molecule has 0 radical (unpaired) electrons. The molecule has 0 aromatic rings. The lowest BCUT2D eigenvalue weighted by Gasteiger charge is -2.25. The van der Waals surface area contributed by atoms with Gasteiger partial charge in [-0.3, -0.25) is 4.79 Å². The molecule has 0 aliphatic heterocycles. The number of allylic oxidation sites excluding steroid dienone is 1. The van der Waals surface area contributed by atoms with Crippen LogP contribution in [0.4, 0.5) is 0 Å². The first-order valence-corrected chi connectivity index (χ1v) is 7.55. The van der Waals surface area contributed by atoms with E-state index in [1.54, 1.807) is 0 Å². The number of aliphatic carboxylic acids is 1. The molecular weight excluding hydrogens is 285 g/mol. The molecule has 1 amide bonds. The molecule has 0 rings (SSSR count). The highest BCUT2D eigenvalue weighted by Crippen LogP contribution is 2.06. The van der Waals surface area contributed by atoms with E-state index in [-0.39, 0.29) is 12.5 Å². The highest BCUT2D eigenvalue weighted by Gasteiger charge is 2.26. The van der Waals surface area contributed by atoms with Gasteiger partial charge in [0.05, 0.1) is 0 Å². The first-order valence-electron chi connectivity index (χ1n) is 7.55. The van der Waals surface area contributed by atoms with E-state index in [4.69, 9.17) is 10.1 Å². The summed E-state index contributed by atoms with van der Waals surface area (Å²) in [5.74, 6) is -1.29. The van der Waals surface area contributed by atoms with Gasteiger partial charge in [0.15, 0.2) is 0 Å². The topological polar surface area (TPSA) is 102 Å². The third-order valence-corrected chi connectivity index (χ3v) is 3.25. The molecule has 0 saturated heterocycles.